The van der Waals surface area contributed by atoms with Crippen LogP contribution in [-0.2, 0) is 38.1 Å². The fourth-order valence-corrected chi connectivity index (χ4v) is 2.21. The van der Waals surface area contributed by atoms with Crippen molar-refractivity contribution in [3.8, 4) is 0 Å². The third-order valence-electron chi connectivity index (χ3n) is 3.32. The molecule has 5 unspecified atom stereocenters. The Morgan fingerprint density at radius 2 is 1.69 bits per heavy atom. The number of hydrogen-bond acceptors (Lipinski definition) is 10. The van der Waals surface area contributed by atoms with Crippen LogP contribution in [0.25, 0.3) is 0 Å². The van der Waals surface area contributed by atoms with Gasteiger partial charge in [-0.25, -0.2) is 0 Å². The van der Waals surface area contributed by atoms with Gasteiger partial charge in [0, 0.05) is 27.0 Å². The summed E-state index contributed by atoms with van der Waals surface area (Å²) >= 11 is 0. The van der Waals surface area contributed by atoms with Crippen LogP contribution in [0.2, 0.25) is 0 Å². The van der Waals surface area contributed by atoms with E-state index in [1.165, 1.54) is 6.92 Å². The van der Waals surface area contributed by atoms with Gasteiger partial charge in [0.05, 0.1) is 12.5 Å². The molecule has 0 aromatic rings. The fraction of sp³-hybridized carbons (Fsp3) is 0.667. The summed E-state index contributed by atoms with van der Waals surface area (Å²) in [6.07, 6.45) is -3.27. The van der Waals surface area contributed by atoms with E-state index in [-0.39, 0.29) is 6.61 Å². The van der Waals surface area contributed by atoms with Crippen LogP contribution in [0.1, 0.15) is 20.8 Å². The summed E-state index contributed by atoms with van der Waals surface area (Å²) in [4.78, 5) is 48.9. The molecule has 0 aromatic heterocycles. The number of primary amides is 1. The Kier molecular flexibility index (Phi) is 8.13. The number of esters is 3. The highest BCUT2D eigenvalue weighted by Gasteiger charge is 2.49. The van der Waals surface area contributed by atoms with Crippen LogP contribution >= 0.6 is 0 Å². The maximum atomic E-state index is 11.4. The van der Waals surface area contributed by atoms with Crippen molar-refractivity contribution in [2.45, 2.75) is 45.3 Å². The predicted molar refractivity (Wildman–Crippen MR) is 84.7 cm³/mol. The van der Waals surface area contributed by atoms with E-state index in [2.05, 4.69) is 4.99 Å². The maximum absolute atomic E-state index is 11.4. The third kappa shape index (κ3) is 6.41. The van der Waals surface area contributed by atoms with Gasteiger partial charge in [0.25, 0.3) is 0 Å². The molecule has 0 saturated carbocycles. The van der Waals surface area contributed by atoms with Gasteiger partial charge in [-0.2, -0.15) is 0 Å². The highest BCUT2D eigenvalue weighted by molar-refractivity contribution is 5.92. The summed E-state index contributed by atoms with van der Waals surface area (Å²) in [6, 6.07) is 0. The first kappa shape index (κ1) is 21.5. The van der Waals surface area contributed by atoms with Crippen LogP contribution in [0.4, 0.5) is 0 Å². The fourth-order valence-electron chi connectivity index (χ4n) is 2.21. The second kappa shape index (κ2) is 9.82. The minimum atomic E-state index is -1.16. The van der Waals surface area contributed by atoms with Gasteiger partial charge in [-0.3, -0.25) is 24.2 Å². The number of amides is 1. The maximum Gasteiger partial charge on any atom is 0.303 e. The molecule has 0 aliphatic carbocycles. The first-order chi connectivity index (χ1) is 12.1. The Labute approximate surface area is 149 Å². The molecule has 26 heavy (non-hydrogen) atoms. The number of aliphatic imine (C=N–C) groups is 1. The molecule has 11 heteroatoms. The number of aliphatic hydroxyl groups is 1. The van der Waals surface area contributed by atoms with Crippen molar-refractivity contribution in [2.75, 3.05) is 13.2 Å². The Hall–Kier alpha value is -2.53. The molecule has 1 aliphatic heterocycles. The number of rotatable bonds is 8. The molecular weight excluding hydrogens is 352 g/mol. The molecule has 1 heterocycles. The average Bonchev–Trinajstić information content (AvgIpc) is 2.82. The molecule has 1 saturated heterocycles. The van der Waals surface area contributed by atoms with Gasteiger partial charge in [0.2, 0.25) is 5.91 Å². The lowest BCUT2D eigenvalue weighted by Crippen LogP contribution is -2.41. The molecule has 0 aromatic carbocycles. The Bertz CT molecular complexity index is 577. The average molecular weight is 374 g/mol. The molecule has 0 spiro atoms. The lowest BCUT2D eigenvalue weighted by Gasteiger charge is -2.22. The lowest BCUT2D eigenvalue weighted by atomic mass is 10.1. The first-order valence-electron chi connectivity index (χ1n) is 7.72. The summed E-state index contributed by atoms with van der Waals surface area (Å²) in [5.74, 6) is -3.82. The van der Waals surface area contributed by atoms with E-state index >= 15 is 0 Å². The second-order valence-electron chi connectivity index (χ2n) is 5.51. The molecule has 0 radical (unpaired) electrons. The standard InChI is InChI=1S/C15H22N2O9/c1-7(19)23-6-11-12(24-8(2)20)13(25-9(3)21)15(26-11)17-4-10(5-18)14(16)22/h4,10-13,15,18H,5-6H2,1-3H3,(H2,16,22). The zero-order chi connectivity index (χ0) is 19.9. The SMILES string of the molecule is CC(=O)OCC1OC(N=CC(CO)C(N)=O)C(OC(C)=O)C1OC(C)=O. The van der Waals surface area contributed by atoms with Crippen molar-refractivity contribution in [1.82, 2.24) is 0 Å². The minimum Gasteiger partial charge on any atom is -0.463 e. The number of ether oxygens (including phenoxy) is 4. The summed E-state index contributed by atoms with van der Waals surface area (Å²) in [6.45, 7) is 2.64. The topological polar surface area (TPSA) is 164 Å². The van der Waals surface area contributed by atoms with Crippen LogP contribution in [0.3, 0.4) is 0 Å². The number of nitrogens with zero attached hydrogens (tertiary/aromatic N) is 1. The molecule has 1 rings (SSSR count). The van der Waals surface area contributed by atoms with E-state index in [0.29, 0.717) is 0 Å². The van der Waals surface area contributed by atoms with Gasteiger partial charge in [0.15, 0.2) is 18.4 Å². The van der Waals surface area contributed by atoms with Crippen molar-refractivity contribution < 1.29 is 43.2 Å². The number of carbonyl (C=O) groups is 4. The lowest BCUT2D eigenvalue weighted by molar-refractivity contribution is -0.165. The molecule has 1 fully saturated rings. The van der Waals surface area contributed by atoms with Crippen molar-refractivity contribution in [3.05, 3.63) is 0 Å². The van der Waals surface area contributed by atoms with Crippen molar-refractivity contribution in [1.29, 1.82) is 0 Å². The Balaban J connectivity index is 3.06. The number of carbonyl (C=O) groups excluding carboxylic acids is 4. The normalized spacial score (nSPS) is 26.3. The quantitative estimate of drug-likeness (QED) is 0.286. The van der Waals surface area contributed by atoms with Gasteiger partial charge in [-0.1, -0.05) is 0 Å². The summed E-state index contributed by atoms with van der Waals surface area (Å²) in [7, 11) is 0. The highest BCUT2D eigenvalue weighted by atomic mass is 16.7. The monoisotopic (exact) mass is 374 g/mol. The summed E-state index contributed by atoms with van der Waals surface area (Å²) in [5.41, 5.74) is 5.11. The Morgan fingerprint density at radius 1 is 1.12 bits per heavy atom. The van der Waals surface area contributed by atoms with E-state index in [0.717, 1.165) is 20.1 Å². The van der Waals surface area contributed by atoms with E-state index < -0.39 is 60.9 Å². The number of aliphatic hydroxyl groups excluding tert-OH is 1. The zero-order valence-electron chi connectivity index (χ0n) is 14.6. The van der Waals surface area contributed by atoms with Gasteiger partial charge >= 0.3 is 17.9 Å². The molecule has 146 valence electrons. The third-order valence-corrected chi connectivity index (χ3v) is 3.32. The van der Waals surface area contributed by atoms with Crippen LogP contribution in [0, 0.1) is 5.92 Å². The van der Waals surface area contributed by atoms with Gasteiger partial charge < -0.3 is 29.8 Å². The highest BCUT2D eigenvalue weighted by Crippen LogP contribution is 2.28. The second-order valence-corrected chi connectivity index (χ2v) is 5.51. The molecular formula is C15H22N2O9. The largest absolute Gasteiger partial charge is 0.463 e. The predicted octanol–water partition coefficient (Wildman–Crippen LogP) is -1.70. The van der Waals surface area contributed by atoms with Gasteiger partial charge in [-0.15, -0.1) is 0 Å². The molecule has 11 nitrogen and oxygen atoms in total. The minimum absolute atomic E-state index is 0.268. The molecule has 1 aliphatic rings. The molecule has 5 atom stereocenters. The smallest absolute Gasteiger partial charge is 0.303 e. The van der Waals surface area contributed by atoms with Gasteiger partial charge in [-0.05, 0) is 0 Å². The number of nitrogens with two attached hydrogens (primary N) is 1. The van der Waals surface area contributed by atoms with Crippen LogP contribution < -0.4 is 5.73 Å². The van der Waals surface area contributed by atoms with E-state index in [4.69, 9.17) is 29.8 Å². The van der Waals surface area contributed by atoms with Crippen LogP contribution in [-0.4, -0.2) is 72.9 Å². The van der Waals surface area contributed by atoms with E-state index in [1.807, 2.05) is 0 Å². The van der Waals surface area contributed by atoms with Crippen molar-refractivity contribution in [2.24, 2.45) is 16.6 Å². The molecule has 1 amide bonds. The molecule has 0 bridgehead atoms. The summed E-state index contributed by atoms with van der Waals surface area (Å²) in [5, 5.41) is 9.10. The van der Waals surface area contributed by atoms with Crippen molar-refractivity contribution >= 4 is 30.0 Å². The number of hydrogen-bond donors (Lipinski definition) is 2. The zero-order valence-corrected chi connectivity index (χ0v) is 14.6. The molecule has 3 N–H and O–H groups in total. The summed E-state index contributed by atoms with van der Waals surface area (Å²) < 4.78 is 20.7. The van der Waals surface area contributed by atoms with Crippen LogP contribution in [0.5, 0.6) is 0 Å². The van der Waals surface area contributed by atoms with E-state index in [1.54, 1.807) is 0 Å². The van der Waals surface area contributed by atoms with Gasteiger partial charge in [0.1, 0.15) is 12.7 Å². The van der Waals surface area contributed by atoms with Crippen molar-refractivity contribution in [3.63, 3.8) is 0 Å². The van der Waals surface area contributed by atoms with Crippen LogP contribution in [0.15, 0.2) is 4.99 Å². The first-order valence-corrected chi connectivity index (χ1v) is 7.72. The Morgan fingerprint density at radius 3 is 2.15 bits per heavy atom. The van der Waals surface area contributed by atoms with E-state index in [9.17, 15) is 19.2 Å².